The van der Waals surface area contributed by atoms with Gasteiger partial charge in [-0.2, -0.15) is 26.7 Å². The number of ether oxygens (including phenoxy) is 1. The first-order chi connectivity index (χ1) is 9.05. The van der Waals surface area contributed by atoms with Crippen LogP contribution in [-0.4, -0.2) is 39.1 Å². The number of hydrogen-bond donors (Lipinski definition) is 3. The van der Waals surface area contributed by atoms with E-state index in [1.165, 1.54) is 0 Å². The van der Waals surface area contributed by atoms with E-state index in [1.54, 1.807) is 0 Å². The number of aromatic nitrogens is 3. The summed E-state index contributed by atoms with van der Waals surface area (Å²) in [4.78, 5) is 12.4. The standard InChI is InChI=1S/C11H22N6OS/c1-7(2)18-11-15-9(14-10(16-11)17-12)13-8(3)5-6-19-4/h7-8H,5-6,12H2,1-4H3,(H2,13,14,15,16,17). The van der Waals surface area contributed by atoms with Gasteiger partial charge in [-0.05, 0) is 39.2 Å². The third-order valence-electron chi connectivity index (χ3n) is 2.22. The Kier molecular flexibility index (Phi) is 6.65. The Morgan fingerprint density at radius 1 is 1.21 bits per heavy atom. The molecule has 1 rings (SSSR count). The van der Waals surface area contributed by atoms with Gasteiger partial charge in [0.15, 0.2) is 0 Å². The number of hydrogen-bond acceptors (Lipinski definition) is 8. The highest BCUT2D eigenvalue weighted by Crippen LogP contribution is 2.13. The Morgan fingerprint density at radius 3 is 2.47 bits per heavy atom. The van der Waals surface area contributed by atoms with Crippen LogP contribution >= 0.6 is 11.8 Å². The summed E-state index contributed by atoms with van der Waals surface area (Å²) in [5.41, 5.74) is 2.41. The van der Waals surface area contributed by atoms with E-state index < -0.39 is 0 Å². The van der Waals surface area contributed by atoms with E-state index >= 15 is 0 Å². The third-order valence-corrected chi connectivity index (χ3v) is 2.86. The molecule has 4 N–H and O–H groups in total. The number of nitrogens with one attached hydrogen (secondary N) is 2. The molecule has 8 heteroatoms. The molecule has 0 saturated carbocycles. The van der Waals surface area contributed by atoms with Gasteiger partial charge in [-0.3, -0.25) is 5.43 Å². The molecule has 1 aromatic heterocycles. The zero-order valence-electron chi connectivity index (χ0n) is 11.8. The van der Waals surface area contributed by atoms with Crippen LogP contribution in [0.25, 0.3) is 0 Å². The van der Waals surface area contributed by atoms with Crippen molar-refractivity contribution < 1.29 is 4.74 Å². The minimum absolute atomic E-state index is 0.00482. The normalized spacial score (nSPS) is 12.3. The van der Waals surface area contributed by atoms with Gasteiger partial charge >= 0.3 is 6.01 Å². The molecule has 1 heterocycles. The molecule has 1 unspecified atom stereocenters. The molecule has 0 spiro atoms. The number of thioether (sulfide) groups is 1. The highest BCUT2D eigenvalue weighted by atomic mass is 32.2. The molecule has 7 nitrogen and oxygen atoms in total. The number of nitrogen functional groups attached to an aromatic ring is 1. The van der Waals surface area contributed by atoms with Crippen LogP contribution in [0.15, 0.2) is 0 Å². The maximum absolute atomic E-state index is 5.46. The molecule has 1 aromatic rings. The van der Waals surface area contributed by atoms with Crippen LogP contribution in [0.4, 0.5) is 11.9 Å². The molecule has 0 bridgehead atoms. The van der Waals surface area contributed by atoms with Gasteiger partial charge in [0.05, 0.1) is 6.10 Å². The zero-order chi connectivity index (χ0) is 14.3. The summed E-state index contributed by atoms with van der Waals surface area (Å²) in [5.74, 6) is 7.17. The Labute approximate surface area is 118 Å². The molecule has 0 aliphatic carbocycles. The van der Waals surface area contributed by atoms with E-state index in [2.05, 4.69) is 38.9 Å². The number of nitrogens with two attached hydrogens (primary N) is 1. The van der Waals surface area contributed by atoms with Crippen LogP contribution < -0.4 is 21.3 Å². The molecule has 0 aliphatic heterocycles. The van der Waals surface area contributed by atoms with Crippen molar-refractivity contribution >= 4 is 23.7 Å². The van der Waals surface area contributed by atoms with Crippen molar-refractivity contribution in [1.29, 1.82) is 0 Å². The van der Waals surface area contributed by atoms with E-state index in [1.807, 2.05) is 25.6 Å². The van der Waals surface area contributed by atoms with Crippen LogP contribution in [0, 0.1) is 0 Å². The van der Waals surface area contributed by atoms with E-state index in [9.17, 15) is 0 Å². The summed E-state index contributed by atoms with van der Waals surface area (Å²) in [6.45, 7) is 5.90. The Hall–Kier alpha value is -1.28. The minimum atomic E-state index is -0.00482. The molecule has 108 valence electrons. The van der Waals surface area contributed by atoms with Crippen molar-refractivity contribution in [2.75, 3.05) is 22.8 Å². The highest BCUT2D eigenvalue weighted by Gasteiger charge is 2.10. The molecule has 0 fully saturated rings. The van der Waals surface area contributed by atoms with Crippen molar-refractivity contribution in [1.82, 2.24) is 15.0 Å². The number of anilines is 2. The molecular weight excluding hydrogens is 264 g/mol. The molecule has 19 heavy (non-hydrogen) atoms. The summed E-state index contributed by atoms with van der Waals surface area (Å²) in [6.07, 6.45) is 3.11. The molecular formula is C11H22N6OS. The van der Waals surface area contributed by atoms with Crippen molar-refractivity contribution in [2.24, 2.45) is 5.84 Å². The summed E-state index contributed by atoms with van der Waals surface area (Å²) in [7, 11) is 0. The summed E-state index contributed by atoms with van der Waals surface area (Å²) in [5, 5.41) is 3.21. The quantitative estimate of drug-likeness (QED) is 0.488. The van der Waals surface area contributed by atoms with Gasteiger partial charge < -0.3 is 10.1 Å². The van der Waals surface area contributed by atoms with Gasteiger partial charge in [-0.15, -0.1) is 0 Å². The van der Waals surface area contributed by atoms with E-state index in [0.29, 0.717) is 5.95 Å². The van der Waals surface area contributed by atoms with Gasteiger partial charge in [0.2, 0.25) is 11.9 Å². The lowest BCUT2D eigenvalue weighted by Gasteiger charge is -2.15. The largest absolute Gasteiger partial charge is 0.461 e. The average molecular weight is 286 g/mol. The Balaban J connectivity index is 2.75. The van der Waals surface area contributed by atoms with Crippen molar-refractivity contribution in [3.05, 3.63) is 0 Å². The second kappa shape index (κ2) is 8.00. The SMILES string of the molecule is CSCCC(C)Nc1nc(NN)nc(OC(C)C)n1. The minimum Gasteiger partial charge on any atom is -0.461 e. The first-order valence-electron chi connectivity index (χ1n) is 6.20. The van der Waals surface area contributed by atoms with Gasteiger partial charge in [-0.25, -0.2) is 5.84 Å². The molecule has 0 aromatic carbocycles. The molecule has 0 radical (unpaired) electrons. The predicted molar refractivity (Wildman–Crippen MR) is 79.5 cm³/mol. The highest BCUT2D eigenvalue weighted by molar-refractivity contribution is 7.98. The van der Waals surface area contributed by atoms with Crippen LogP contribution in [0.3, 0.4) is 0 Å². The van der Waals surface area contributed by atoms with E-state index in [-0.39, 0.29) is 24.1 Å². The van der Waals surface area contributed by atoms with Crippen molar-refractivity contribution in [3.63, 3.8) is 0 Å². The maximum Gasteiger partial charge on any atom is 0.323 e. The average Bonchev–Trinajstić information content (AvgIpc) is 2.35. The fourth-order valence-corrected chi connectivity index (χ4v) is 1.93. The van der Waals surface area contributed by atoms with Crippen LogP contribution in [0.2, 0.25) is 0 Å². The topological polar surface area (TPSA) is 98.0 Å². The smallest absolute Gasteiger partial charge is 0.323 e. The fraction of sp³-hybridized carbons (Fsp3) is 0.727. The third kappa shape index (κ3) is 5.93. The van der Waals surface area contributed by atoms with Gasteiger partial charge in [0.1, 0.15) is 0 Å². The van der Waals surface area contributed by atoms with E-state index in [0.717, 1.165) is 12.2 Å². The monoisotopic (exact) mass is 286 g/mol. The lowest BCUT2D eigenvalue weighted by molar-refractivity contribution is 0.222. The summed E-state index contributed by atoms with van der Waals surface area (Å²) in [6, 6.07) is 0.532. The second-order valence-electron chi connectivity index (χ2n) is 4.40. The molecule has 0 saturated heterocycles. The molecule has 1 atom stereocenters. The van der Waals surface area contributed by atoms with Crippen LogP contribution in [0.5, 0.6) is 6.01 Å². The predicted octanol–water partition coefficient (Wildman–Crippen LogP) is 1.50. The zero-order valence-corrected chi connectivity index (χ0v) is 12.6. The number of rotatable bonds is 8. The fourth-order valence-electron chi connectivity index (χ4n) is 1.34. The summed E-state index contributed by atoms with van der Waals surface area (Å²) < 4.78 is 5.46. The van der Waals surface area contributed by atoms with E-state index in [4.69, 9.17) is 10.6 Å². The van der Waals surface area contributed by atoms with Crippen LogP contribution in [-0.2, 0) is 0 Å². The lowest BCUT2D eigenvalue weighted by Crippen LogP contribution is -2.21. The molecule has 0 amide bonds. The van der Waals surface area contributed by atoms with Gasteiger partial charge in [-0.1, -0.05) is 0 Å². The van der Waals surface area contributed by atoms with Crippen molar-refractivity contribution in [2.45, 2.75) is 39.3 Å². The Morgan fingerprint density at radius 2 is 1.89 bits per heavy atom. The van der Waals surface area contributed by atoms with Gasteiger partial charge in [0.25, 0.3) is 0 Å². The van der Waals surface area contributed by atoms with Crippen LogP contribution in [0.1, 0.15) is 27.2 Å². The number of hydrazine groups is 1. The maximum atomic E-state index is 5.46. The Bertz CT molecular complexity index is 389. The van der Waals surface area contributed by atoms with Crippen molar-refractivity contribution in [3.8, 4) is 6.01 Å². The first kappa shape index (κ1) is 15.8. The summed E-state index contributed by atoms with van der Waals surface area (Å²) >= 11 is 1.81. The second-order valence-corrected chi connectivity index (χ2v) is 5.39. The first-order valence-corrected chi connectivity index (χ1v) is 7.59. The number of nitrogens with zero attached hydrogens (tertiary/aromatic N) is 3. The molecule has 0 aliphatic rings. The van der Waals surface area contributed by atoms with Gasteiger partial charge in [0, 0.05) is 6.04 Å². The lowest BCUT2D eigenvalue weighted by atomic mass is 10.3.